The summed E-state index contributed by atoms with van der Waals surface area (Å²) in [5.74, 6) is 0.940. The fourth-order valence-corrected chi connectivity index (χ4v) is 5.21. The van der Waals surface area contributed by atoms with Crippen molar-refractivity contribution < 1.29 is 14.3 Å². The molecule has 6 bridgehead atoms. The van der Waals surface area contributed by atoms with E-state index in [1.807, 2.05) is 24.3 Å². The van der Waals surface area contributed by atoms with E-state index in [9.17, 15) is 9.59 Å². The summed E-state index contributed by atoms with van der Waals surface area (Å²) in [6, 6.07) is 13.5. The van der Waals surface area contributed by atoms with Gasteiger partial charge in [0, 0.05) is 24.0 Å². The Hall–Kier alpha value is -3.35. The molecule has 2 atom stereocenters. The van der Waals surface area contributed by atoms with Gasteiger partial charge in [0.15, 0.2) is 5.96 Å². The Balaban J connectivity index is 1.50. The number of hydrogen-bond donors (Lipinski definition) is 2. The molecule has 2 aromatic rings. The summed E-state index contributed by atoms with van der Waals surface area (Å²) in [6.45, 7) is 4.40. The molecule has 4 aliphatic heterocycles. The highest BCUT2D eigenvalue weighted by atomic mass is 16.5. The highest BCUT2D eigenvalue weighted by Crippen LogP contribution is 2.40. The van der Waals surface area contributed by atoms with E-state index < -0.39 is 0 Å². The number of carbonyl (C=O) groups is 2. The van der Waals surface area contributed by atoms with Crippen LogP contribution < -0.4 is 15.8 Å². The lowest BCUT2D eigenvalue weighted by molar-refractivity contribution is -0.128. The standard InChI is InChI=1S/C27H32N4O3/c1-27(2)15-22-21-13-17(10-11-23(21)34-27)6-3-4-9-20-14-24(32)31(26(28)29-20)16-18-7-5-8-19(12-18)25(33)30-22/h5,7-8,10-13,20,22H,3-4,6,9,14-16H2,1-2H3,(H2,28,29)(H,30,33). The molecule has 4 aliphatic rings. The molecule has 34 heavy (non-hydrogen) atoms. The van der Waals surface area contributed by atoms with Crippen molar-refractivity contribution in [2.45, 2.75) is 76.6 Å². The van der Waals surface area contributed by atoms with Crippen LogP contribution in [0.1, 0.15) is 79.0 Å². The third-order valence-electron chi connectivity index (χ3n) is 6.92. The van der Waals surface area contributed by atoms with E-state index in [2.05, 4.69) is 36.3 Å². The maximum Gasteiger partial charge on any atom is 0.251 e. The van der Waals surface area contributed by atoms with Gasteiger partial charge in [-0.15, -0.1) is 0 Å². The number of ether oxygens (including phenoxy) is 1. The molecule has 7 nitrogen and oxygen atoms in total. The van der Waals surface area contributed by atoms with Crippen molar-refractivity contribution in [3.8, 4) is 5.75 Å². The number of carbonyl (C=O) groups excluding carboxylic acids is 2. The van der Waals surface area contributed by atoms with Gasteiger partial charge >= 0.3 is 0 Å². The molecular formula is C27H32N4O3. The minimum atomic E-state index is -0.380. The lowest BCUT2D eigenvalue weighted by atomic mass is 9.88. The van der Waals surface area contributed by atoms with E-state index in [0.29, 0.717) is 24.9 Å². The highest BCUT2D eigenvalue weighted by Gasteiger charge is 2.35. The van der Waals surface area contributed by atoms with E-state index in [1.165, 1.54) is 10.5 Å². The first-order valence-corrected chi connectivity index (χ1v) is 12.1. The topological polar surface area (TPSA) is 97.0 Å². The largest absolute Gasteiger partial charge is 0.487 e. The molecule has 3 N–H and O–H groups in total. The van der Waals surface area contributed by atoms with Gasteiger partial charge in [0.25, 0.3) is 5.91 Å². The smallest absolute Gasteiger partial charge is 0.251 e. The van der Waals surface area contributed by atoms with Crippen molar-refractivity contribution in [3.05, 3.63) is 64.7 Å². The fourth-order valence-electron chi connectivity index (χ4n) is 5.21. The predicted octanol–water partition coefficient (Wildman–Crippen LogP) is 3.86. The third kappa shape index (κ3) is 4.65. The van der Waals surface area contributed by atoms with E-state index in [1.54, 1.807) is 6.07 Å². The minimum absolute atomic E-state index is 0.0156. The summed E-state index contributed by atoms with van der Waals surface area (Å²) in [4.78, 5) is 32.2. The van der Waals surface area contributed by atoms with Crippen LogP contribution in [-0.4, -0.2) is 34.3 Å². The summed E-state index contributed by atoms with van der Waals surface area (Å²) in [5.41, 5.74) is 9.45. The number of aryl methyl sites for hydroxylation is 1. The molecule has 2 unspecified atom stereocenters. The zero-order chi connectivity index (χ0) is 23.9. The number of nitrogens with zero attached hydrogens (tertiary/aromatic N) is 2. The average molecular weight is 461 g/mol. The first-order chi connectivity index (χ1) is 16.3. The zero-order valence-corrected chi connectivity index (χ0v) is 19.8. The number of hydrogen-bond acceptors (Lipinski definition) is 5. The quantitative estimate of drug-likeness (QED) is 0.624. The van der Waals surface area contributed by atoms with E-state index >= 15 is 0 Å². The third-order valence-corrected chi connectivity index (χ3v) is 6.92. The van der Waals surface area contributed by atoms with Gasteiger partial charge in [-0.2, -0.15) is 0 Å². The van der Waals surface area contributed by atoms with Crippen LogP contribution in [-0.2, 0) is 17.8 Å². The summed E-state index contributed by atoms with van der Waals surface area (Å²) < 4.78 is 6.23. The van der Waals surface area contributed by atoms with Gasteiger partial charge in [0.2, 0.25) is 5.91 Å². The molecule has 0 saturated heterocycles. The molecule has 2 amide bonds. The van der Waals surface area contributed by atoms with Gasteiger partial charge in [-0.3, -0.25) is 14.5 Å². The molecule has 0 spiro atoms. The van der Waals surface area contributed by atoms with Crippen LogP contribution in [0.2, 0.25) is 0 Å². The number of fused-ring (bicyclic) bond motifs is 5. The van der Waals surface area contributed by atoms with Crippen LogP contribution in [0.4, 0.5) is 0 Å². The second kappa shape index (κ2) is 8.78. The number of nitrogens with one attached hydrogen (secondary N) is 1. The zero-order valence-electron chi connectivity index (χ0n) is 19.8. The number of benzene rings is 2. The van der Waals surface area contributed by atoms with Crippen molar-refractivity contribution in [1.82, 2.24) is 10.2 Å². The highest BCUT2D eigenvalue weighted by molar-refractivity contribution is 5.98. The maximum atomic E-state index is 13.3. The molecule has 0 radical (unpaired) electrons. The molecule has 7 heteroatoms. The molecule has 4 heterocycles. The summed E-state index contributed by atoms with van der Waals surface area (Å²) in [6.07, 6.45) is 4.79. The molecule has 0 fully saturated rings. The first kappa shape index (κ1) is 22.4. The van der Waals surface area contributed by atoms with Crippen LogP contribution in [0.3, 0.4) is 0 Å². The van der Waals surface area contributed by atoms with E-state index in [0.717, 1.165) is 42.6 Å². The Morgan fingerprint density at radius 1 is 1.12 bits per heavy atom. The second-order valence-corrected chi connectivity index (χ2v) is 10.2. The minimum Gasteiger partial charge on any atom is -0.487 e. The monoisotopic (exact) mass is 460 g/mol. The number of aliphatic imine (C=N–C) groups is 1. The van der Waals surface area contributed by atoms with Gasteiger partial charge in [0.05, 0.1) is 18.6 Å². The molecular weight excluding hydrogens is 428 g/mol. The van der Waals surface area contributed by atoms with Gasteiger partial charge in [0.1, 0.15) is 11.4 Å². The SMILES string of the molecule is CC1(C)CC2NC(=O)c3cccc(c3)CN3C(=O)CC(CCCCc4ccc(c2c4)O1)N=C3N. The van der Waals surface area contributed by atoms with Crippen molar-refractivity contribution in [1.29, 1.82) is 0 Å². The van der Waals surface area contributed by atoms with Gasteiger partial charge in [-0.25, -0.2) is 4.99 Å². The Bertz CT molecular complexity index is 1160. The molecule has 0 aromatic heterocycles. The normalized spacial score (nSPS) is 24.4. The van der Waals surface area contributed by atoms with Crippen LogP contribution >= 0.6 is 0 Å². The summed E-state index contributed by atoms with van der Waals surface area (Å²) in [5, 5.41) is 3.24. The number of rotatable bonds is 0. The van der Waals surface area contributed by atoms with Crippen molar-refractivity contribution in [2.24, 2.45) is 10.7 Å². The van der Waals surface area contributed by atoms with E-state index in [-0.39, 0.29) is 35.5 Å². The van der Waals surface area contributed by atoms with Crippen LogP contribution in [0.15, 0.2) is 47.5 Å². The Labute approximate surface area is 200 Å². The Kier molecular flexibility index (Phi) is 5.80. The Morgan fingerprint density at radius 2 is 1.97 bits per heavy atom. The Morgan fingerprint density at radius 3 is 2.79 bits per heavy atom. The molecule has 0 saturated carbocycles. The van der Waals surface area contributed by atoms with E-state index in [4.69, 9.17) is 10.5 Å². The maximum absolute atomic E-state index is 13.3. The summed E-state index contributed by atoms with van der Waals surface area (Å²) in [7, 11) is 0. The van der Waals surface area contributed by atoms with Gasteiger partial charge in [-0.1, -0.05) is 30.7 Å². The number of nitrogens with two attached hydrogens (primary N) is 1. The fraction of sp³-hybridized carbons (Fsp3) is 0.444. The van der Waals surface area contributed by atoms with Crippen LogP contribution in [0.25, 0.3) is 0 Å². The number of guanidine groups is 1. The molecule has 178 valence electrons. The first-order valence-electron chi connectivity index (χ1n) is 12.1. The molecule has 2 aromatic carbocycles. The lowest BCUT2D eigenvalue weighted by Gasteiger charge is -2.38. The average Bonchev–Trinajstić information content (AvgIpc) is 2.78. The van der Waals surface area contributed by atoms with Gasteiger partial charge < -0.3 is 15.8 Å². The van der Waals surface area contributed by atoms with Crippen LogP contribution in [0, 0.1) is 0 Å². The van der Waals surface area contributed by atoms with Crippen molar-refractivity contribution in [3.63, 3.8) is 0 Å². The number of amides is 2. The molecule has 0 aliphatic carbocycles. The second-order valence-electron chi connectivity index (χ2n) is 10.2. The van der Waals surface area contributed by atoms with Crippen molar-refractivity contribution in [2.75, 3.05) is 0 Å². The van der Waals surface area contributed by atoms with Crippen LogP contribution in [0.5, 0.6) is 5.75 Å². The van der Waals surface area contributed by atoms with Crippen molar-refractivity contribution >= 4 is 17.8 Å². The summed E-state index contributed by atoms with van der Waals surface area (Å²) >= 11 is 0. The predicted molar refractivity (Wildman–Crippen MR) is 131 cm³/mol. The lowest BCUT2D eigenvalue weighted by Crippen LogP contribution is -2.46. The van der Waals surface area contributed by atoms with Gasteiger partial charge in [-0.05, 0) is 62.4 Å². The molecule has 6 rings (SSSR count).